The molecule has 1 aromatic heterocycles. The van der Waals surface area contributed by atoms with E-state index >= 15 is 0 Å². The molecule has 1 aromatic rings. The van der Waals surface area contributed by atoms with E-state index in [0.717, 1.165) is 50.3 Å². The Kier molecular flexibility index (Phi) is 8.56. The zero-order chi connectivity index (χ0) is 21.5. The lowest BCUT2D eigenvalue weighted by Gasteiger charge is -2.31. The van der Waals surface area contributed by atoms with E-state index < -0.39 is 11.2 Å². The summed E-state index contributed by atoms with van der Waals surface area (Å²) in [6, 6.07) is 0.305. The highest BCUT2D eigenvalue weighted by molar-refractivity contribution is 7.90. The van der Waals surface area contributed by atoms with Crippen molar-refractivity contribution in [3.63, 3.8) is 0 Å². The second-order valence-electron chi connectivity index (χ2n) is 7.74. The average molecular weight is 435 g/mol. The van der Waals surface area contributed by atoms with Crippen LogP contribution in [0.25, 0.3) is 0 Å². The molecule has 2 atom stereocenters. The lowest BCUT2D eigenvalue weighted by atomic mass is 10.1. The van der Waals surface area contributed by atoms with Gasteiger partial charge < -0.3 is 18.9 Å². The van der Waals surface area contributed by atoms with Gasteiger partial charge in [-0.3, -0.25) is 4.90 Å². The van der Waals surface area contributed by atoms with Crippen molar-refractivity contribution in [1.82, 2.24) is 14.9 Å². The number of hydrogen-bond acceptors (Lipinski definition) is 7. The first-order valence-corrected chi connectivity index (χ1v) is 12.2. The monoisotopic (exact) mass is 434 g/mol. The van der Waals surface area contributed by atoms with Crippen LogP contribution in [0.3, 0.4) is 0 Å². The number of methoxy groups -OCH3 is 1. The molecule has 2 aliphatic rings. The summed E-state index contributed by atoms with van der Waals surface area (Å²) in [5.74, 6) is 2.14. The summed E-state index contributed by atoms with van der Waals surface area (Å²) < 4.78 is 23.1. The molecule has 0 saturated carbocycles. The number of ether oxygens (including phenoxy) is 2. The van der Waals surface area contributed by atoms with E-state index in [1.807, 2.05) is 7.05 Å². The van der Waals surface area contributed by atoms with E-state index in [4.69, 9.17) is 9.47 Å². The molecule has 0 fully saturated rings. The Hall–Kier alpha value is -1.61. The molecule has 166 valence electrons. The van der Waals surface area contributed by atoms with Crippen molar-refractivity contribution >= 4 is 17.1 Å². The highest BCUT2D eigenvalue weighted by Crippen LogP contribution is 2.31. The number of allylic oxidation sites excluding steroid dienone is 1. The van der Waals surface area contributed by atoms with Crippen LogP contribution in [0.2, 0.25) is 0 Å². The first-order chi connectivity index (χ1) is 14.5. The van der Waals surface area contributed by atoms with Gasteiger partial charge in [-0.05, 0) is 43.1 Å². The molecule has 0 aliphatic carbocycles. The molecule has 2 unspecified atom stereocenters. The van der Waals surface area contributed by atoms with Crippen LogP contribution in [0.15, 0.2) is 23.8 Å². The maximum Gasteiger partial charge on any atom is 0.228 e. The third-order valence-electron chi connectivity index (χ3n) is 5.75. The van der Waals surface area contributed by atoms with Crippen LogP contribution in [-0.4, -0.2) is 72.5 Å². The van der Waals surface area contributed by atoms with Crippen LogP contribution in [0.1, 0.15) is 37.9 Å². The number of rotatable bonds is 8. The fraction of sp³-hybridized carbons (Fsp3) is 0.636. The molecule has 3 heterocycles. The predicted molar refractivity (Wildman–Crippen MR) is 121 cm³/mol. The van der Waals surface area contributed by atoms with Gasteiger partial charge in [0, 0.05) is 32.8 Å². The Balaban J connectivity index is 1.66. The van der Waals surface area contributed by atoms with Crippen LogP contribution in [0.4, 0.5) is 5.95 Å². The minimum absolute atomic E-state index is 0.305. The van der Waals surface area contributed by atoms with Gasteiger partial charge in [-0.15, -0.1) is 0 Å². The number of anilines is 1. The summed E-state index contributed by atoms with van der Waals surface area (Å²) in [5.41, 5.74) is 3.04. The lowest BCUT2D eigenvalue weighted by molar-refractivity contribution is 0.159. The van der Waals surface area contributed by atoms with Gasteiger partial charge in [-0.25, -0.2) is 4.98 Å². The summed E-state index contributed by atoms with van der Waals surface area (Å²) in [7, 11) is 3.61. The van der Waals surface area contributed by atoms with Gasteiger partial charge >= 0.3 is 0 Å². The molecular formula is C22H34N4O3S. The van der Waals surface area contributed by atoms with E-state index in [1.54, 1.807) is 7.11 Å². The second-order valence-corrected chi connectivity index (χ2v) is 9.19. The van der Waals surface area contributed by atoms with Crippen molar-refractivity contribution < 1.29 is 14.0 Å². The zero-order valence-electron chi connectivity index (χ0n) is 18.6. The number of fused-ring (bicyclic) bond motifs is 1. The standard InChI is InChI=1S/C22H34N4O3S/c1-5-26(17(2)18-9-7-6-8-13-29-14-10-18)12-11-25(3)22-23-20-16-30(27)15-19(20)21(24-22)28-4/h7,9-10,17H,5-6,8,11-16H2,1-4H3/b9-7-,18-10+. The fourth-order valence-electron chi connectivity index (χ4n) is 3.82. The maximum absolute atomic E-state index is 11.9. The molecule has 0 N–H and O–H groups in total. The topological polar surface area (TPSA) is 73.8 Å². The molecule has 0 amide bonds. The van der Waals surface area contributed by atoms with Gasteiger partial charge in [-0.1, -0.05) is 25.2 Å². The highest BCUT2D eigenvalue weighted by atomic mass is 32.2. The van der Waals surface area contributed by atoms with Crippen LogP contribution in [0, 0.1) is 0 Å². The Labute approximate surface area is 183 Å². The fourth-order valence-corrected chi connectivity index (χ4v) is 5.08. The third-order valence-corrected chi connectivity index (χ3v) is 6.95. The van der Waals surface area contributed by atoms with E-state index in [1.165, 1.54) is 5.57 Å². The van der Waals surface area contributed by atoms with Crippen LogP contribution in [-0.2, 0) is 27.4 Å². The molecule has 0 saturated heterocycles. The summed E-state index contributed by atoms with van der Waals surface area (Å²) >= 11 is -0.910. The summed E-state index contributed by atoms with van der Waals surface area (Å²) in [6.45, 7) is 8.56. The normalized spacial score (nSPS) is 23.0. The first kappa shape index (κ1) is 23.1. The molecule has 30 heavy (non-hydrogen) atoms. The van der Waals surface area contributed by atoms with Gasteiger partial charge in [0.1, 0.15) is 17.2 Å². The molecular weight excluding hydrogens is 400 g/mol. The van der Waals surface area contributed by atoms with Gasteiger partial charge in [0.25, 0.3) is 0 Å². The zero-order valence-corrected chi connectivity index (χ0v) is 19.4. The molecule has 8 heteroatoms. The van der Waals surface area contributed by atoms with Gasteiger partial charge in [0.2, 0.25) is 11.8 Å². The quantitative estimate of drug-likeness (QED) is 0.583. The van der Waals surface area contributed by atoms with Crippen molar-refractivity contribution in [2.24, 2.45) is 0 Å². The molecule has 2 aliphatic heterocycles. The summed E-state index contributed by atoms with van der Waals surface area (Å²) in [6.07, 6.45) is 8.84. The van der Waals surface area contributed by atoms with Gasteiger partial charge in [0.15, 0.2) is 0 Å². The minimum Gasteiger partial charge on any atom is -0.616 e. The Bertz CT molecular complexity index is 771. The predicted octanol–water partition coefficient (Wildman–Crippen LogP) is 2.69. The molecule has 0 spiro atoms. The van der Waals surface area contributed by atoms with E-state index in [-0.39, 0.29) is 0 Å². The average Bonchev–Trinajstić information content (AvgIpc) is 3.18. The van der Waals surface area contributed by atoms with Crippen molar-refractivity contribution in [1.29, 1.82) is 0 Å². The lowest BCUT2D eigenvalue weighted by Crippen LogP contribution is -2.40. The van der Waals surface area contributed by atoms with Crippen LogP contribution >= 0.6 is 0 Å². The van der Waals surface area contributed by atoms with Crippen LogP contribution < -0.4 is 9.64 Å². The van der Waals surface area contributed by atoms with Crippen molar-refractivity contribution in [2.75, 3.05) is 51.9 Å². The van der Waals surface area contributed by atoms with E-state index in [9.17, 15) is 4.55 Å². The smallest absolute Gasteiger partial charge is 0.228 e. The number of nitrogens with zero attached hydrogens (tertiary/aromatic N) is 4. The van der Waals surface area contributed by atoms with Crippen molar-refractivity contribution in [3.8, 4) is 5.88 Å². The molecule has 0 bridgehead atoms. The van der Waals surface area contributed by atoms with Crippen LogP contribution in [0.5, 0.6) is 5.88 Å². The SMILES string of the molecule is CCN(CCN(C)c1nc2c(c(OC)n1)C[S+]([O-])C2)C(C)C1=C/COCCC/C=C\1. The number of likely N-dealkylation sites (N-methyl/N-ethyl adjacent to an activating group) is 2. The van der Waals surface area contributed by atoms with E-state index in [0.29, 0.717) is 36.0 Å². The van der Waals surface area contributed by atoms with Gasteiger partial charge in [-0.2, -0.15) is 4.98 Å². The highest BCUT2D eigenvalue weighted by Gasteiger charge is 2.30. The van der Waals surface area contributed by atoms with Crippen molar-refractivity contribution in [3.05, 3.63) is 35.1 Å². The minimum atomic E-state index is -0.910. The van der Waals surface area contributed by atoms with Gasteiger partial charge in [0.05, 0.1) is 19.3 Å². The largest absolute Gasteiger partial charge is 0.616 e. The summed E-state index contributed by atoms with van der Waals surface area (Å²) in [4.78, 5) is 13.7. The molecule has 0 radical (unpaired) electrons. The Morgan fingerprint density at radius 3 is 2.90 bits per heavy atom. The Morgan fingerprint density at radius 1 is 1.30 bits per heavy atom. The Morgan fingerprint density at radius 2 is 2.13 bits per heavy atom. The van der Waals surface area contributed by atoms with Crippen molar-refractivity contribution in [2.45, 2.75) is 44.2 Å². The number of hydrogen-bond donors (Lipinski definition) is 0. The summed E-state index contributed by atoms with van der Waals surface area (Å²) in [5, 5.41) is 0. The first-order valence-electron chi connectivity index (χ1n) is 10.7. The molecule has 0 aromatic carbocycles. The third kappa shape index (κ3) is 5.75. The number of aromatic nitrogens is 2. The second kappa shape index (κ2) is 11.1. The maximum atomic E-state index is 11.9. The molecule has 3 rings (SSSR count). The molecule has 7 nitrogen and oxygen atoms in total. The van der Waals surface area contributed by atoms with E-state index in [2.05, 4.69) is 51.8 Å².